The first-order valence-electron chi connectivity index (χ1n) is 9.75. The van der Waals surface area contributed by atoms with E-state index >= 15 is 0 Å². The lowest BCUT2D eigenvalue weighted by atomic mass is 9.97. The number of carbonyl (C=O) groups excluding carboxylic acids is 1. The average molecular weight is 424 g/mol. The van der Waals surface area contributed by atoms with Crippen molar-refractivity contribution < 1.29 is 18.8 Å². The molecule has 3 atom stereocenters. The molecule has 1 aromatic heterocycles. The van der Waals surface area contributed by atoms with Crippen LogP contribution in [-0.2, 0) is 18.8 Å². The first-order chi connectivity index (χ1) is 13.5. The predicted molar refractivity (Wildman–Crippen MR) is 116 cm³/mol. The van der Waals surface area contributed by atoms with E-state index in [0.717, 1.165) is 15.9 Å². The van der Waals surface area contributed by atoms with Gasteiger partial charge in [-0.15, -0.1) is 0 Å². The van der Waals surface area contributed by atoms with Gasteiger partial charge in [-0.25, -0.2) is 4.98 Å². The molecule has 0 amide bonds. The molecule has 0 bridgehead atoms. The third kappa shape index (κ3) is 6.61. The van der Waals surface area contributed by atoms with Crippen LogP contribution in [0.3, 0.4) is 0 Å². The molecule has 154 valence electrons. The van der Waals surface area contributed by atoms with Gasteiger partial charge in [0.25, 0.3) is 0 Å². The van der Waals surface area contributed by atoms with E-state index in [4.69, 9.17) is 9.47 Å². The summed E-state index contributed by atoms with van der Waals surface area (Å²) in [4.78, 5) is 17.1. The highest BCUT2D eigenvalue weighted by molar-refractivity contribution is 8.03. The molecule has 0 aliphatic carbocycles. The molecule has 0 aliphatic heterocycles. The Kier molecular flexibility index (Phi) is 9.49. The molecule has 28 heavy (non-hydrogen) atoms. The quantitative estimate of drug-likeness (QED) is 0.273. The van der Waals surface area contributed by atoms with Crippen LogP contribution < -0.4 is 0 Å². The predicted octanol–water partition coefficient (Wildman–Crippen LogP) is 5.43. The Balaban J connectivity index is 2.11. The molecule has 3 unspecified atom stereocenters. The van der Waals surface area contributed by atoms with Crippen molar-refractivity contribution >= 4 is 36.4 Å². The molecule has 0 spiro atoms. The summed E-state index contributed by atoms with van der Waals surface area (Å²) in [5, 5.41) is 1.90. The zero-order valence-corrected chi connectivity index (χ0v) is 18.8. The minimum absolute atomic E-state index is 0.280. The van der Waals surface area contributed by atoms with E-state index in [2.05, 4.69) is 4.98 Å². The van der Waals surface area contributed by atoms with Crippen molar-refractivity contribution in [1.82, 2.24) is 4.98 Å². The van der Waals surface area contributed by atoms with Crippen molar-refractivity contribution in [3.05, 3.63) is 36.4 Å². The van der Waals surface area contributed by atoms with Crippen LogP contribution in [0.4, 0.5) is 0 Å². The SMILES string of the molecule is CCOC(=O)C(CC(C)C)C(OCC)[PH](=O)CSc1ccc2ccccc2n1. The molecule has 0 aliphatic rings. The molecule has 5 nitrogen and oxygen atoms in total. The van der Waals surface area contributed by atoms with Crippen LogP contribution in [0.25, 0.3) is 10.9 Å². The molecule has 2 rings (SSSR count). The highest BCUT2D eigenvalue weighted by Gasteiger charge is 2.34. The normalized spacial score (nSPS) is 14.8. The molecular weight excluding hydrogens is 393 g/mol. The summed E-state index contributed by atoms with van der Waals surface area (Å²) < 4.78 is 24.1. The molecule has 1 aromatic carbocycles. The second-order valence-electron chi connectivity index (χ2n) is 6.96. The van der Waals surface area contributed by atoms with Crippen LogP contribution in [-0.4, -0.2) is 35.5 Å². The number of benzene rings is 1. The van der Waals surface area contributed by atoms with Gasteiger partial charge < -0.3 is 14.0 Å². The Hall–Kier alpha value is -1.36. The summed E-state index contributed by atoms with van der Waals surface area (Å²) in [7, 11) is -2.20. The summed E-state index contributed by atoms with van der Waals surface area (Å²) in [6.45, 7) is 8.44. The van der Waals surface area contributed by atoms with Gasteiger partial charge >= 0.3 is 5.97 Å². The highest BCUT2D eigenvalue weighted by atomic mass is 32.2. The first-order valence-corrected chi connectivity index (χ1v) is 12.4. The van der Waals surface area contributed by atoms with E-state index in [-0.39, 0.29) is 11.9 Å². The second kappa shape index (κ2) is 11.6. The largest absolute Gasteiger partial charge is 0.466 e. The lowest BCUT2D eigenvalue weighted by Crippen LogP contribution is -2.31. The Morgan fingerprint density at radius 3 is 2.57 bits per heavy atom. The number of hydrogen-bond acceptors (Lipinski definition) is 6. The standard InChI is InChI=1S/C21H30NO4PS/c1-5-25-20(23)17(13-15(3)4)21(26-6-2)27(24)14-28-19-12-11-16-9-7-8-10-18(16)22-19/h7-12,15,17,21,27H,5-6,13-14H2,1-4H3. The van der Waals surface area contributed by atoms with Gasteiger partial charge in [-0.1, -0.05) is 49.9 Å². The number of carbonyl (C=O) groups is 1. The van der Waals surface area contributed by atoms with E-state index in [1.54, 1.807) is 6.92 Å². The molecule has 7 heteroatoms. The Labute approximate surface area is 172 Å². The summed E-state index contributed by atoms with van der Waals surface area (Å²) >= 11 is 1.45. The number of thioether (sulfide) groups is 1. The minimum Gasteiger partial charge on any atom is -0.466 e. The van der Waals surface area contributed by atoms with Crippen LogP contribution in [0.15, 0.2) is 41.4 Å². The zero-order valence-electron chi connectivity index (χ0n) is 17.0. The van der Waals surface area contributed by atoms with Gasteiger partial charge in [-0.05, 0) is 38.3 Å². The average Bonchev–Trinajstić information content (AvgIpc) is 2.68. The maximum Gasteiger partial charge on any atom is 0.312 e. The monoisotopic (exact) mass is 423 g/mol. The van der Waals surface area contributed by atoms with E-state index in [9.17, 15) is 9.36 Å². The van der Waals surface area contributed by atoms with E-state index in [1.807, 2.05) is 57.2 Å². The van der Waals surface area contributed by atoms with Crippen LogP contribution in [0.2, 0.25) is 0 Å². The number of para-hydroxylation sites is 1. The van der Waals surface area contributed by atoms with Gasteiger partial charge in [-0.3, -0.25) is 4.79 Å². The first kappa shape index (κ1) is 22.9. The minimum atomic E-state index is -2.20. The fourth-order valence-electron chi connectivity index (χ4n) is 3.07. The summed E-state index contributed by atoms with van der Waals surface area (Å²) in [6.07, 6.45) is 0.596. The Bertz CT molecular complexity index is 799. The number of fused-ring (bicyclic) bond motifs is 1. The Morgan fingerprint density at radius 1 is 1.14 bits per heavy atom. The lowest BCUT2D eigenvalue weighted by Gasteiger charge is -2.26. The van der Waals surface area contributed by atoms with Crippen LogP contribution >= 0.6 is 19.6 Å². The van der Waals surface area contributed by atoms with E-state index in [0.29, 0.717) is 25.1 Å². The maximum absolute atomic E-state index is 13.1. The number of ether oxygens (including phenoxy) is 2. The third-order valence-corrected chi connectivity index (χ3v) is 7.72. The fourth-order valence-corrected chi connectivity index (χ4v) is 6.29. The fraction of sp³-hybridized carbons (Fsp3) is 0.524. The number of pyridine rings is 1. The summed E-state index contributed by atoms with van der Waals surface area (Å²) in [5.41, 5.74) is 1.30. The van der Waals surface area contributed by atoms with Gasteiger partial charge in [0, 0.05) is 12.0 Å². The lowest BCUT2D eigenvalue weighted by molar-refractivity contribution is -0.152. The van der Waals surface area contributed by atoms with Gasteiger partial charge in [-0.2, -0.15) is 0 Å². The van der Waals surface area contributed by atoms with E-state index < -0.39 is 19.6 Å². The number of aromatic nitrogens is 1. The van der Waals surface area contributed by atoms with Crippen molar-refractivity contribution in [2.75, 3.05) is 18.7 Å². The Morgan fingerprint density at radius 2 is 1.89 bits per heavy atom. The molecule has 1 heterocycles. The summed E-state index contributed by atoms with van der Waals surface area (Å²) in [5.74, 6) is -1.15. The van der Waals surface area contributed by atoms with Crippen LogP contribution in [0, 0.1) is 11.8 Å². The van der Waals surface area contributed by atoms with Gasteiger partial charge in [0.2, 0.25) is 0 Å². The molecule has 0 radical (unpaired) electrons. The molecule has 0 N–H and O–H groups in total. The van der Waals surface area contributed by atoms with Crippen molar-refractivity contribution in [1.29, 1.82) is 0 Å². The van der Waals surface area contributed by atoms with Crippen molar-refractivity contribution in [3.8, 4) is 0 Å². The number of rotatable bonds is 11. The molecule has 0 fully saturated rings. The maximum atomic E-state index is 13.1. The van der Waals surface area contributed by atoms with Crippen LogP contribution in [0.5, 0.6) is 0 Å². The van der Waals surface area contributed by atoms with Crippen molar-refractivity contribution in [2.45, 2.75) is 45.0 Å². The third-order valence-electron chi connectivity index (χ3n) is 4.28. The van der Waals surface area contributed by atoms with Crippen LogP contribution in [0.1, 0.15) is 34.1 Å². The topological polar surface area (TPSA) is 65.5 Å². The molecule has 0 saturated heterocycles. The van der Waals surface area contributed by atoms with Crippen molar-refractivity contribution in [2.24, 2.45) is 11.8 Å². The van der Waals surface area contributed by atoms with Gasteiger partial charge in [0.15, 0.2) is 0 Å². The van der Waals surface area contributed by atoms with E-state index in [1.165, 1.54) is 11.8 Å². The van der Waals surface area contributed by atoms with Gasteiger partial charge in [0.1, 0.15) is 13.6 Å². The number of hydrogen-bond donors (Lipinski definition) is 0. The smallest absolute Gasteiger partial charge is 0.312 e. The van der Waals surface area contributed by atoms with Crippen molar-refractivity contribution in [3.63, 3.8) is 0 Å². The number of esters is 1. The molecule has 2 aromatic rings. The summed E-state index contributed by atoms with van der Waals surface area (Å²) in [6, 6.07) is 11.9. The number of nitrogens with zero attached hydrogens (tertiary/aromatic N) is 1. The van der Waals surface area contributed by atoms with Gasteiger partial charge in [0.05, 0.1) is 28.6 Å². The highest BCUT2D eigenvalue weighted by Crippen LogP contribution is 2.41. The molecular formula is C21H30NO4PS. The molecule has 0 saturated carbocycles. The second-order valence-corrected chi connectivity index (χ2v) is 10.3. The zero-order chi connectivity index (χ0) is 20.5.